The Morgan fingerprint density at radius 2 is 1.96 bits per heavy atom. The van der Waals surface area contributed by atoms with Crippen LogP contribution < -0.4 is 10.2 Å². The van der Waals surface area contributed by atoms with Gasteiger partial charge in [-0.2, -0.15) is 0 Å². The monoisotopic (exact) mass is 341 g/mol. The largest absolute Gasteiger partial charge is 0.478 e. The maximum Gasteiger partial charge on any atom is 0.335 e. The van der Waals surface area contributed by atoms with Gasteiger partial charge in [-0.3, -0.25) is 4.79 Å². The lowest BCUT2D eigenvalue weighted by Gasteiger charge is -2.33. The van der Waals surface area contributed by atoms with Gasteiger partial charge in [0, 0.05) is 37.9 Å². The molecule has 1 amide bonds. The van der Waals surface area contributed by atoms with Crippen molar-refractivity contribution in [3.63, 3.8) is 0 Å². The van der Waals surface area contributed by atoms with E-state index in [9.17, 15) is 9.59 Å². The van der Waals surface area contributed by atoms with Gasteiger partial charge in [0.25, 0.3) is 0 Å². The van der Waals surface area contributed by atoms with Gasteiger partial charge < -0.3 is 20.2 Å². The van der Waals surface area contributed by atoms with Crippen LogP contribution in [0.25, 0.3) is 0 Å². The minimum absolute atomic E-state index is 0.209. The number of carboxylic acids is 1. The molecule has 0 aliphatic carbocycles. The number of rotatable bonds is 5. The van der Waals surface area contributed by atoms with Crippen molar-refractivity contribution in [3.8, 4) is 0 Å². The number of piperazine rings is 1. The smallest absolute Gasteiger partial charge is 0.335 e. The third-order valence-corrected chi connectivity index (χ3v) is 3.99. The van der Waals surface area contributed by atoms with Gasteiger partial charge in [0.15, 0.2) is 0 Å². The van der Waals surface area contributed by atoms with Crippen molar-refractivity contribution >= 4 is 29.7 Å². The van der Waals surface area contributed by atoms with E-state index in [0.717, 1.165) is 12.2 Å². The zero-order valence-corrected chi connectivity index (χ0v) is 13.8. The van der Waals surface area contributed by atoms with Gasteiger partial charge in [0.1, 0.15) is 17.5 Å². The highest BCUT2D eigenvalue weighted by molar-refractivity contribution is 5.89. The minimum Gasteiger partial charge on any atom is -0.478 e. The van der Waals surface area contributed by atoms with Gasteiger partial charge in [-0.05, 0) is 25.1 Å². The Morgan fingerprint density at radius 3 is 2.64 bits per heavy atom. The predicted octanol–water partition coefficient (Wildman–Crippen LogP) is 1.51. The zero-order valence-electron chi connectivity index (χ0n) is 13.8. The zero-order chi connectivity index (χ0) is 17.8. The van der Waals surface area contributed by atoms with E-state index in [1.54, 1.807) is 23.1 Å². The number of hydrogen-bond acceptors (Lipinski definition) is 6. The Kier molecular flexibility index (Phi) is 4.78. The molecule has 25 heavy (non-hydrogen) atoms. The van der Waals surface area contributed by atoms with Crippen LogP contribution in [-0.2, 0) is 4.79 Å². The van der Waals surface area contributed by atoms with E-state index in [4.69, 9.17) is 5.11 Å². The second-order valence-electron chi connectivity index (χ2n) is 5.80. The molecular formula is C17H19N5O3. The molecule has 0 radical (unpaired) electrons. The number of aromatic carboxylic acids is 1. The molecule has 0 atom stereocenters. The molecule has 0 saturated carbocycles. The highest BCUT2D eigenvalue weighted by Crippen LogP contribution is 2.21. The second kappa shape index (κ2) is 7.16. The van der Waals surface area contributed by atoms with Crippen LogP contribution in [0.3, 0.4) is 0 Å². The summed E-state index contributed by atoms with van der Waals surface area (Å²) in [6.07, 6.45) is 0.866. The first-order valence-electron chi connectivity index (χ1n) is 7.95. The van der Waals surface area contributed by atoms with Crippen molar-refractivity contribution in [2.75, 3.05) is 36.4 Å². The molecule has 1 aliphatic rings. The number of benzene rings is 1. The summed E-state index contributed by atoms with van der Waals surface area (Å²) < 4.78 is 0. The summed E-state index contributed by atoms with van der Waals surface area (Å²) in [5.41, 5.74) is 0.857. The first-order valence-corrected chi connectivity index (χ1v) is 7.95. The summed E-state index contributed by atoms with van der Waals surface area (Å²) in [5, 5.41) is 12.2. The Balaban J connectivity index is 1.79. The molecule has 1 aromatic heterocycles. The molecule has 8 nitrogen and oxygen atoms in total. The van der Waals surface area contributed by atoms with Gasteiger partial charge in [-0.1, -0.05) is 6.07 Å². The lowest BCUT2D eigenvalue weighted by Crippen LogP contribution is -2.46. The maximum absolute atomic E-state index is 11.1. The molecule has 1 aromatic carbocycles. The average molecular weight is 341 g/mol. The molecule has 2 heterocycles. The molecule has 1 aliphatic heterocycles. The molecule has 0 bridgehead atoms. The van der Waals surface area contributed by atoms with Crippen LogP contribution in [0.4, 0.5) is 17.3 Å². The first kappa shape index (κ1) is 16.7. The predicted molar refractivity (Wildman–Crippen MR) is 93.3 cm³/mol. The van der Waals surface area contributed by atoms with Gasteiger partial charge in [0.05, 0.1) is 5.56 Å². The van der Waals surface area contributed by atoms with Gasteiger partial charge in [-0.15, -0.1) is 0 Å². The van der Waals surface area contributed by atoms with Crippen LogP contribution in [0.15, 0.2) is 30.3 Å². The van der Waals surface area contributed by atoms with Crippen molar-refractivity contribution in [2.45, 2.75) is 6.92 Å². The number of aromatic nitrogens is 2. The Hall–Kier alpha value is -3.16. The molecule has 0 spiro atoms. The highest BCUT2D eigenvalue weighted by atomic mass is 16.4. The van der Waals surface area contributed by atoms with Gasteiger partial charge >= 0.3 is 5.97 Å². The normalized spacial score (nSPS) is 14.3. The van der Waals surface area contributed by atoms with Crippen LogP contribution in [0.2, 0.25) is 0 Å². The molecule has 3 rings (SSSR count). The van der Waals surface area contributed by atoms with Crippen molar-refractivity contribution in [3.05, 3.63) is 41.7 Å². The number of carbonyl (C=O) groups excluding carboxylic acids is 1. The number of nitrogens with one attached hydrogen (secondary N) is 1. The van der Waals surface area contributed by atoms with E-state index >= 15 is 0 Å². The maximum atomic E-state index is 11.1. The summed E-state index contributed by atoms with van der Waals surface area (Å²) in [6, 6.07) is 8.39. The molecule has 1 saturated heterocycles. The van der Waals surface area contributed by atoms with Gasteiger partial charge in [-0.25, -0.2) is 14.8 Å². The number of amides is 1. The minimum atomic E-state index is -0.976. The third kappa shape index (κ3) is 4.03. The van der Waals surface area contributed by atoms with E-state index in [0.29, 0.717) is 43.5 Å². The average Bonchev–Trinajstić information content (AvgIpc) is 2.61. The standard InChI is InChI=1S/C17H19N5O3/c1-12-18-15(20-14-4-2-3-13(9-14)17(24)25)10-16(19-12)22-7-5-21(11-23)6-8-22/h2-4,9-11H,5-8H2,1H3,(H,24,25)(H,18,19,20). The summed E-state index contributed by atoms with van der Waals surface area (Å²) in [4.78, 5) is 34.6. The van der Waals surface area contributed by atoms with Crippen LogP contribution >= 0.6 is 0 Å². The summed E-state index contributed by atoms with van der Waals surface area (Å²) in [5.74, 6) is 1.03. The molecular weight excluding hydrogens is 322 g/mol. The summed E-state index contributed by atoms with van der Waals surface area (Å²) in [6.45, 7) is 4.56. The SMILES string of the molecule is Cc1nc(Nc2cccc(C(=O)O)c2)cc(N2CCN(C=O)CC2)n1. The molecule has 130 valence electrons. The van der Waals surface area contributed by atoms with Crippen molar-refractivity contribution in [2.24, 2.45) is 0 Å². The van der Waals surface area contributed by atoms with E-state index < -0.39 is 5.97 Å². The molecule has 0 unspecified atom stereocenters. The van der Waals surface area contributed by atoms with Crippen molar-refractivity contribution in [1.82, 2.24) is 14.9 Å². The van der Waals surface area contributed by atoms with Crippen LogP contribution in [0.1, 0.15) is 16.2 Å². The van der Waals surface area contributed by atoms with Crippen LogP contribution in [0, 0.1) is 6.92 Å². The molecule has 1 fully saturated rings. The summed E-state index contributed by atoms with van der Waals surface area (Å²) >= 11 is 0. The van der Waals surface area contributed by atoms with Crippen LogP contribution in [0.5, 0.6) is 0 Å². The Bertz CT molecular complexity index is 788. The van der Waals surface area contributed by atoms with E-state index in [1.165, 1.54) is 6.07 Å². The number of nitrogens with zero attached hydrogens (tertiary/aromatic N) is 4. The fourth-order valence-electron chi connectivity index (χ4n) is 2.71. The number of carbonyl (C=O) groups is 2. The van der Waals surface area contributed by atoms with E-state index in [1.807, 2.05) is 13.0 Å². The lowest BCUT2D eigenvalue weighted by atomic mass is 10.2. The topological polar surface area (TPSA) is 98.7 Å². The second-order valence-corrected chi connectivity index (χ2v) is 5.80. The molecule has 8 heteroatoms. The number of hydrogen-bond donors (Lipinski definition) is 2. The Morgan fingerprint density at radius 1 is 1.20 bits per heavy atom. The lowest BCUT2D eigenvalue weighted by molar-refractivity contribution is -0.118. The van der Waals surface area contributed by atoms with Crippen molar-refractivity contribution in [1.29, 1.82) is 0 Å². The third-order valence-electron chi connectivity index (χ3n) is 3.99. The van der Waals surface area contributed by atoms with Gasteiger partial charge in [0.2, 0.25) is 6.41 Å². The fourth-order valence-corrected chi connectivity index (χ4v) is 2.71. The first-order chi connectivity index (χ1) is 12.0. The quantitative estimate of drug-likeness (QED) is 0.795. The summed E-state index contributed by atoms with van der Waals surface area (Å²) in [7, 11) is 0. The van der Waals surface area contributed by atoms with E-state index in [2.05, 4.69) is 20.2 Å². The number of carboxylic acid groups (broad SMARTS) is 1. The molecule has 2 N–H and O–H groups in total. The highest BCUT2D eigenvalue weighted by Gasteiger charge is 2.18. The fraction of sp³-hybridized carbons (Fsp3) is 0.294. The van der Waals surface area contributed by atoms with Crippen LogP contribution in [-0.4, -0.2) is 58.5 Å². The number of anilines is 3. The number of aryl methyl sites for hydroxylation is 1. The Labute approximate surface area is 145 Å². The van der Waals surface area contributed by atoms with Crippen molar-refractivity contribution < 1.29 is 14.7 Å². The molecule has 2 aromatic rings. The van der Waals surface area contributed by atoms with E-state index in [-0.39, 0.29) is 5.56 Å².